The fourth-order valence-corrected chi connectivity index (χ4v) is 4.85. The molecular weight excluding hydrogens is 489 g/mol. The molecule has 9 nitrogen and oxygen atoms in total. The Labute approximate surface area is 208 Å². The van der Waals surface area contributed by atoms with E-state index in [1.807, 2.05) is 0 Å². The van der Waals surface area contributed by atoms with E-state index in [0.29, 0.717) is 35.1 Å². The lowest BCUT2D eigenvalue weighted by Gasteiger charge is -2.28. The Kier molecular flexibility index (Phi) is 7.53. The highest BCUT2D eigenvalue weighted by Crippen LogP contribution is 2.26. The molecule has 1 aliphatic rings. The van der Waals surface area contributed by atoms with Crippen molar-refractivity contribution in [2.75, 3.05) is 12.9 Å². The standard InChI is InChI=1S/C25H28FN3O6S/c1-25(36(2,32)33,24(31)28-35-22-9-5-6-14-34-22)12-13-29-16-27-21-15-17(10-11-19(21)23(29)30)18-7-3-4-8-20(18)26/h3-4,7-8,10-11,15-16,22H,5-6,9,12-14H2,1-2H3,(H,28,31). The van der Waals surface area contributed by atoms with E-state index in [2.05, 4.69) is 10.5 Å². The summed E-state index contributed by atoms with van der Waals surface area (Å²) in [6.45, 7) is 1.72. The molecule has 192 valence electrons. The first kappa shape index (κ1) is 25.9. The SMILES string of the molecule is CC(CCn1cnc2cc(-c3ccccc3F)ccc2c1=O)(C(=O)NOC1CCCCO1)S(C)(=O)=O. The van der Waals surface area contributed by atoms with Gasteiger partial charge in [0, 0.05) is 31.4 Å². The fraction of sp³-hybridized carbons (Fsp3) is 0.400. The van der Waals surface area contributed by atoms with E-state index in [-0.39, 0.29) is 18.8 Å². The molecule has 1 aromatic heterocycles. The van der Waals surface area contributed by atoms with Crippen LogP contribution in [0.15, 0.2) is 53.6 Å². The minimum atomic E-state index is -3.89. The highest BCUT2D eigenvalue weighted by Gasteiger charge is 2.44. The van der Waals surface area contributed by atoms with E-state index in [4.69, 9.17) is 9.57 Å². The number of carbonyl (C=O) groups excluding carboxylic acids is 1. The Bertz CT molecular complexity index is 1440. The Balaban J connectivity index is 1.54. The minimum absolute atomic E-state index is 0.0756. The van der Waals surface area contributed by atoms with Gasteiger partial charge < -0.3 is 4.74 Å². The van der Waals surface area contributed by atoms with Crippen LogP contribution in [0.4, 0.5) is 4.39 Å². The van der Waals surface area contributed by atoms with Gasteiger partial charge >= 0.3 is 0 Å². The smallest absolute Gasteiger partial charge is 0.264 e. The summed E-state index contributed by atoms with van der Waals surface area (Å²) in [5.74, 6) is -1.22. The predicted octanol–water partition coefficient (Wildman–Crippen LogP) is 2.97. The molecule has 4 rings (SSSR count). The molecule has 1 N–H and O–H groups in total. The molecule has 1 amide bonds. The molecule has 0 bridgehead atoms. The third-order valence-corrected chi connectivity index (χ3v) is 8.59. The third-order valence-electron chi connectivity index (χ3n) is 6.56. The van der Waals surface area contributed by atoms with Crippen LogP contribution in [0, 0.1) is 5.82 Å². The number of hydrogen-bond acceptors (Lipinski definition) is 7. The van der Waals surface area contributed by atoms with Gasteiger partial charge in [0.1, 0.15) is 5.82 Å². The summed E-state index contributed by atoms with van der Waals surface area (Å²) in [7, 11) is -3.89. The summed E-state index contributed by atoms with van der Waals surface area (Å²) in [5.41, 5.74) is 3.17. The molecule has 0 saturated carbocycles. The first-order valence-corrected chi connectivity index (χ1v) is 13.5. The van der Waals surface area contributed by atoms with Crippen LogP contribution in [0.3, 0.4) is 0 Å². The van der Waals surface area contributed by atoms with Gasteiger partial charge in [-0.05, 0) is 49.9 Å². The van der Waals surface area contributed by atoms with Gasteiger partial charge in [-0.3, -0.25) is 14.2 Å². The zero-order valence-corrected chi connectivity index (χ0v) is 20.9. The Morgan fingerprint density at radius 2 is 2.06 bits per heavy atom. The van der Waals surface area contributed by atoms with Gasteiger partial charge in [-0.15, -0.1) is 0 Å². The lowest BCUT2D eigenvalue weighted by Crippen LogP contribution is -2.51. The van der Waals surface area contributed by atoms with Gasteiger partial charge in [-0.25, -0.2) is 28.1 Å². The van der Waals surface area contributed by atoms with Crippen LogP contribution in [0.2, 0.25) is 0 Å². The summed E-state index contributed by atoms with van der Waals surface area (Å²) in [6, 6.07) is 11.1. The summed E-state index contributed by atoms with van der Waals surface area (Å²) < 4.78 is 44.1. The van der Waals surface area contributed by atoms with Crippen LogP contribution >= 0.6 is 0 Å². The van der Waals surface area contributed by atoms with Crippen LogP contribution < -0.4 is 11.0 Å². The molecule has 0 aliphatic carbocycles. The number of hydroxylamine groups is 1. The average Bonchev–Trinajstić information content (AvgIpc) is 2.86. The monoisotopic (exact) mass is 517 g/mol. The van der Waals surface area contributed by atoms with Gasteiger partial charge in [0.25, 0.3) is 11.5 Å². The Hall–Kier alpha value is -3.15. The second-order valence-corrected chi connectivity index (χ2v) is 11.5. The summed E-state index contributed by atoms with van der Waals surface area (Å²) in [4.78, 5) is 35.5. The summed E-state index contributed by atoms with van der Waals surface area (Å²) in [5, 5.41) is 0.292. The minimum Gasteiger partial charge on any atom is -0.350 e. The molecule has 1 fully saturated rings. The molecule has 11 heteroatoms. The first-order valence-electron chi connectivity index (χ1n) is 11.6. The van der Waals surface area contributed by atoms with E-state index in [1.165, 1.54) is 23.9 Å². The molecule has 36 heavy (non-hydrogen) atoms. The molecule has 2 heterocycles. The van der Waals surface area contributed by atoms with Crippen molar-refractivity contribution < 1.29 is 27.2 Å². The van der Waals surface area contributed by atoms with Crippen molar-refractivity contribution >= 4 is 26.6 Å². The molecule has 2 atom stereocenters. The molecule has 1 aliphatic heterocycles. The van der Waals surface area contributed by atoms with Crippen molar-refractivity contribution in [1.29, 1.82) is 0 Å². The number of carbonyl (C=O) groups is 1. The number of amides is 1. The van der Waals surface area contributed by atoms with Crippen molar-refractivity contribution in [2.45, 2.75) is 50.2 Å². The molecule has 2 aromatic carbocycles. The normalized spacial score (nSPS) is 18.0. The largest absolute Gasteiger partial charge is 0.350 e. The highest BCUT2D eigenvalue weighted by molar-refractivity contribution is 7.92. The highest BCUT2D eigenvalue weighted by atomic mass is 32.2. The van der Waals surface area contributed by atoms with Gasteiger partial charge in [0.05, 0.1) is 17.2 Å². The third kappa shape index (κ3) is 5.32. The number of benzene rings is 2. The van der Waals surface area contributed by atoms with Crippen LogP contribution in [0.5, 0.6) is 0 Å². The predicted molar refractivity (Wildman–Crippen MR) is 132 cm³/mol. The van der Waals surface area contributed by atoms with Gasteiger partial charge in [0.15, 0.2) is 20.9 Å². The second kappa shape index (κ2) is 10.5. The van der Waals surface area contributed by atoms with Crippen LogP contribution in [-0.2, 0) is 30.8 Å². The average molecular weight is 518 g/mol. The van der Waals surface area contributed by atoms with E-state index < -0.39 is 32.3 Å². The van der Waals surface area contributed by atoms with Crippen molar-refractivity contribution in [2.24, 2.45) is 0 Å². The van der Waals surface area contributed by atoms with Crippen LogP contribution in [-0.4, -0.2) is 47.8 Å². The second-order valence-electron chi connectivity index (χ2n) is 9.05. The van der Waals surface area contributed by atoms with E-state index in [0.717, 1.165) is 19.1 Å². The zero-order valence-electron chi connectivity index (χ0n) is 20.1. The van der Waals surface area contributed by atoms with E-state index in [1.54, 1.807) is 36.4 Å². The molecule has 2 unspecified atom stereocenters. The van der Waals surface area contributed by atoms with Gasteiger partial charge in [0.2, 0.25) is 0 Å². The number of sulfone groups is 1. The molecule has 1 saturated heterocycles. The number of aryl methyl sites for hydroxylation is 1. The number of fused-ring (bicyclic) bond motifs is 1. The number of nitrogens with zero attached hydrogens (tertiary/aromatic N) is 2. The number of halogens is 1. The van der Waals surface area contributed by atoms with E-state index >= 15 is 0 Å². The Morgan fingerprint density at radius 1 is 1.28 bits per heavy atom. The number of rotatable bonds is 8. The molecular formula is C25H28FN3O6S. The number of aromatic nitrogens is 2. The topological polar surface area (TPSA) is 117 Å². The summed E-state index contributed by atoms with van der Waals surface area (Å²) in [6.07, 6.45) is 3.81. The number of ether oxygens (including phenoxy) is 1. The van der Waals surface area contributed by atoms with E-state index in [9.17, 15) is 22.4 Å². The quantitative estimate of drug-likeness (QED) is 0.457. The summed E-state index contributed by atoms with van der Waals surface area (Å²) >= 11 is 0. The van der Waals surface area contributed by atoms with Crippen LogP contribution in [0.1, 0.15) is 32.6 Å². The van der Waals surface area contributed by atoms with Crippen molar-refractivity contribution in [1.82, 2.24) is 15.0 Å². The zero-order chi connectivity index (χ0) is 25.9. The lowest BCUT2D eigenvalue weighted by molar-refractivity contribution is -0.201. The fourth-order valence-electron chi connectivity index (χ4n) is 4.01. The maximum absolute atomic E-state index is 14.2. The van der Waals surface area contributed by atoms with Gasteiger partial charge in [-0.1, -0.05) is 24.3 Å². The van der Waals surface area contributed by atoms with Crippen molar-refractivity contribution in [3.63, 3.8) is 0 Å². The number of nitrogens with one attached hydrogen (secondary N) is 1. The molecule has 0 spiro atoms. The maximum Gasteiger partial charge on any atom is 0.264 e. The Morgan fingerprint density at radius 3 is 2.75 bits per heavy atom. The van der Waals surface area contributed by atoms with Crippen molar-refractivity contribution in [3.8, 4) is 11.1 Å². The maximum atomic E-state index is 14.2. The van der Waals surface area contributed by atoms with Crippen LogP contribution in [0.25, 0.3) is 22.0 Å². The molecule has 0 radical (unpaired) electrons. The molecule has 3 aromatic rings. The lowest BCUT2D eigenvalue weighted by atomic mass is 10.0. The number of hydrogen-bond donors (Lipinski definition) is 1. The van der Waals surface area contributed by atoms with Crippen molar-refractivity contribution in [3.05, 3.63) is 65.0 Å². The van der Waals surface area contributed by atoms with Gasteiger partial charge in [-0.2, -0.15) is 0 Å². The first-order chi connectivity index (χ1) is 17.1.